The summed E-state index contributed by atoms with van der Waals surface area (Å²) in [6.45, 7) is 2.40. The van der Waals surface area contributed by atoms with E-state index in [-0.39, 0.29) is 23.8 Å². The molecular weight excluding hydrogens is 388 g/mol. The second-order valence-electron chi connectivity index (χ2n) is 5.11. The van der Waals surface area contributed by atoms with E-state index in [0.717, 1.165) is 21.8 Å². The highest BCUT2D eigenvalue weighted by atomic mass is 79.9. The lowest BCUT2D eigenvalue weighted by atomic mass is 9.92. The second-order valence-corrected chi connectivity index (χ2v) is 6.88. The molecule has 0 aromatic heterocycles. The Labute approximate surface area is 135 Å². The van der Waals surface area contributed by atoms with Gasteiger partial charge in [-0.2, -0.15) is 0 Å². The topological polar surface area (TPSA) is 63.4 Å². The summed E-state index contributed by atoms with van der Waals surface area (Å²) >= 11 is 6.77. The van der Waals surface area contributed by atoms with Gasteiger partial charge >= 0.3 is 0 Å². The van der Waals surface area contributed by atoms with Crippen molar-refractivity contribution in [1.82, 2.24) is 4.90 Å². The number of primary amides is 1. The van der Waals surface area contributed by atoms with E-state index in [4.69, 9.17) is 5.73 Å². The fourth-order valence-corrected chi connectivity index (χ4v) is 3.22. The van der Waals surface area contributed by atoms with E-state index in [1.807, 2.05) is 19.1 Å². The number of hydrogen-bond acceptors (Lipinski definition) is 2. The smallest absolute Gasteiger partial charge is 0.255 e. The van der Waals surface area contributed by atoms with Crippen molar-refractivity contribution < 1.29 is 9.59 Å². The molecule has 6 heteroatoms. The Morgan fingerprint density at radius 3 is 2.65 bits per heavy atom. The van der Waals surface area contributed by atoms with Gasteiger partial charge < -0.3 is 10.6 Å². The van der Waals surface area contributed by atoms with Crippen LogP contribution in [0.25, 0.3) is 0 Å². The first kappa shape index (κ1) is 15.5. The summed E-state index contributed by atoms with van der Waals surface area (Å²) in [5.74, 6) is -0.652. The lowest BCUT2D eigenvalue weighted by molar-refractivity contribution is -0.123. The molecule has 2 unspecified atom stereocenters. The third kappa shape index (κ3) is 3.23. The summed E-state index contributed by atoms with van der Waals surface area (Å²) in [6, 6.07) is 5.60. The third-order valence-corrected chi connectivity index (χ3v) is 4.89. The quantitative estimate of drug-likeness (QED) is 0.824. The molecule has 1 aliphatic heterocycles. The fourth-order valence-electron chi connectivity index (χ4n) is 2.44. The van der Waals surface area contributed by atoms with Gasteiger partial charge in [-0.25, -0.2) is 0 Å². The summed E-state index contributed by atoms with van der Waals surface area (Å²) < 4.78 is 1.60. The number of benzene rings is 1. The molecule has 4 nitrogen and oxygen atoms in total. The summed E-state index contributed by atoms with van der Waals surface area (Å²) in [4.78, 5) is 25.8. The number of piperidine rings is 1. The fraction of sp³-hybridized carbons (Fsp3) is 0.429. The van der Waals surface area contributed by atoms with Gasteiger partial charge in [-0.05, 0) is 53.9 Å². The predicted octanol–water partition coefficient (Wildman–Crippen LogP) is 2.94. The van der Waals surface area contributed by atoms with Crippen LogP contribution in [0, 0.1) is 5.92 Å². The summed E-state index contributed by atoms with van der Waals surface area (Å²) in [6.07, 6.45) is 1.55. The zero-order valence-electron chi connectivity index (χ0n) is 11.1. The molecule has 108 valence electrons. The van der Waals surface area contributed by atoms with Crippen LogP contribution in [0.4, 0.5) is 0 Å². The van der Waals surface area contributed by atoms with Crippen LogP contribution in [0.2, 0.25) is 0 Å². The van der Waals surface area contributed by atoms with Crippen molar-refractivity contribution in [2.45, 2.75) is 25.8 Å². The molecule has 2 rings (SSSR count). The molecule has 2 atom stereocenters. The summed E-state index contributed by atoms with van der Waals surface area (Å²) in [7, 11) is 0. The van der Waals surface area contributed by atoms with E-state index in [9.17, 15) is 9.59 Å². The first-order valence-corrected chi connectivity index (χ1v) is 8.04. The largest absolute Gasteiger partial charge is 0.369 e. The number of rotatable bonds is 2. The number of hydrogen-bond donors (Lipinski definition) is 1. The molecule has 1 saturated heterocycles. The van der Waals surface area contributed by atoms with Crippen LogP contribution >= 0.6 is 31.9 Å². The van der Waals surface area contributed by atoms with E-state index < -0.39 is 0 Å². The molecule has 1 aromatic carbocycles. The van der Waals surface area contributed by atoms with Crippen molar-refractivity contribution >= 4 is 43.7 Å². The number of halogens is 2. The van der Waals surface area contributed by atoms with Gasteiger partial charge in [-0.3, -0.25) is 9.59 Å². The number of likely N-dealkylation sites (tertiary alicyclic amines) is 1. The molecule has 20 heavy (non-hydrogen) atoms. The number of amides is 2. The molecule has 0 aliphatic carbocycles. The third-order valence-electron chi connectivity index (χ3n) is 3.70. The molecule has 1 aromatic rings. The second kappa shape index (κ2) is 6.26. The molecule has 2 N–H and O–H groups in total. The van der Waals surface area contributed by atoms with E-state index in [0.29, 0.717) is 12.1 Å². The molecule has 1 fully saturated rings. The first-order valence-electron chi connectivity index (χ1n) is 6.45. The van der Waals surface area contributed by atoms with E-state index in [2.05, 4.69) is 31.9 Å². The SMILES string of the molecule is CC1CCC(C(N)=O)CN1C(=O)c1cc(Br)ccc1Br. The standard InChI is InChI=1S/C14H16Br2N2O2/c1-8-2-3-9(13(17)19)7-18(8)14(20)11-6-10(15)4-5-12(11)16/h4-6,8-9H,2-3,7H2,1H3,(H2,17,19). The van der Waals surface area contributed by atoms with Crippen molar-refractivity contribution in [3.63, 3.8) is 0 Å². The molecule has 0 radical (unpaired) electrons. The van der Waals surface area contributed by atoms with Gasteiger partial charge in [0.25, 0.3) is 5.91 Å². The Bertz CT molecular complexity index is 548. The van der Waals surface area contributed by atoms with E-state index in [1.165, 1.54) is 0 Å². The minimum absolute atomic E-state index is 0.0726. The van der Waals surface area contributed by atoms with Crippen molar-refractivity contribution in [2.75, 3.05) is 6.54 Å². The number of carbonyl (C=O) groups excluding carboxylic acids is 2. The van der Waals surface area contributed by atoms with Crippen molar-refractivity contribution in [3.8, 4) is 0 Å². The minimum Gasteiger partial charge on any atom is -0.369 e. The minimum atomic E-state index is -0.331. The van der Waals surface area contributed by atoms with Crippen LogP contribution in [0.3, 0.4) is 0 Å². The lowest BCUT2D eigenvalue weighted by Gasteiger charge is -2.37. The lowest BCUT2D eigenvalue weighted by Crippen LogP contribution is -2.48. The Balaban J connectivity index is 2.26. The van der Waals surface area contributed by atoms with Gasteiger partial charge in [0.1, 0.15) is 0 Å². The summed E-state index contributed by atoms with van der Waals surface area (Å²) in [5.41, 5.74) is 5.97. The zero-order valence-corrected chi connectivity index (χ0v) is 14.3. The molecule has 0 saturated carbocycles. The maximum absolute atomic E-state index is 12.7. The molecule has 0 spiro atoms. The van der Waals surface area contributed by atoms with Gasteiger partial charge in [0.05, 0.1) is 11.5 Å². The van der Waals surface area contributed by atoms with Crippen molar-refractivity contribution in [3.05, 3.63) is 32.7 Å². The van der Waals surface area contributed by atoms with Crippen LogP contribution in [0.5, 0.6) is 0 Å². The van der Waals surface area contributed by atoms with Crippen LogP contribution in [0.1, 0.15) is 30.1 Å². The highest BCUT2D eigenvalue weighted by Crippen LogP contribution is 2.27. The molecule has 1 heterocycles. The van der Waals surface area contributed by atoms with Crippen LogP contribution in [-0.2, 0) is 4.79 Å². The number of nitrogens with zero attached hydrogens (tertiary/aromatic N) is 1. The first-order chi connectivity index (χ1) is 9.40. The van der Waals surface area contributed by atoms with Crippen LogP contribution in [-0.4, -0.2) is 29.3 Å². The number of nitrogens with two attached hydrogens (primary N) is 1. The average molecular weight is 404 g/mol. The zero-order chi connectivity index (χ0) is 14.9. The highest BCUT2D eigenvalue weighted by molar-refractivity contribution is 9.11. The Morgan fingerprint density at radius 1 is 1.30 bits per heavy atom. The van der Waals surface area contributed by atoms with Gasteiger partial charge in [-0.15, -0.1) is 0 Å². The Kier molecular flexibility index (Phi) is 4.86. The molecule has 2 amide bonds. The van der Waals surface area contributed by atoms with Gasteiger partial charge in [0, 0.05) is 21.5 Å². The maximum Gasteiger partial charge on any atom is 0.255 e. The van der Waals surface area contributed by atoms with Gasteiger partial charge in [0.15, 0.2) is 0 Å². The normalized spacial score (nSPS) is 22.6. The van der Waals surface area contributed by atoms with Gasteiger partial charge in [0.2, 0.25) is 5.91 Å². The molecule has 1 aliphatic rings. The van der Waals surface area contributed by atoms with Crippen molar-refractivity contribution in [2.24, 2.45) is 11.7 Å². The summed E-state index contributed by atoms with van der Waals surface area (Å²) in [5, 5.41) is 0. The van der Waals surface area contributed by atoms with Crippen LogP contribution < -0.4 is 5.73 Å². The molecule has 0 bridgehead atoms. The van der Waals surface area contributed by atoms with Crippen LogP contribution in [0.15, 0.2) is 27.1 Å². The van der Waals surface area contributed by atoms with E-state index in [1.54, 1.807) is 11.0 Å². The monoisotopic (exact) mass is 402 g/mol. The highest BCUT2D eigenvalue weighted by Gasteiger charge is 2.32. The maximum atomic E-state index is 12.7. The Morgan fingerprint density at radius 2 is 2.00 bits per heavy atom. The van der Waals surface area contributed by atoms with Gasteiger partial charge in [-0.1, -0.05) is 15.9 Å². The Hall–Kier alpha value is -0.880. The predicted molar refractivity (Wildman–Crippen MR) is 84.3 cm³/mol. The molecular formula is C14H16Br2N2O2. The van der Waals surface area contributed by atoms with Crippen molar-refractivity contribution in [1.29, 1.82) is 0 Å². The van der Waals surface area contributed by atoms with E-state index >= 15 is 0 Å². The number of carbonyl (C=O) groups is 2. The average Bonchev–Trinajstić information content (AvgIpc) is 2.41.